The number of hydrogen-bond donors (Lipinski definition) is 2. The lowest BCUT2D eigenvalue weighted by atomic mass is 10.0. The van der Waals surface area contributed by atoms with Crippen molar-refractivity contribution in [2.24, 2.45) is 5.73 Å². The van der Waals surface area contributed by atoms with Crippen LogP contribution in [0.5, 0.6) is 0 Å². The molecule has 24 heavy (non-hydrogen) atoms. The molecule has 1 amide bonds. The molecule has 0 spiro atoms. The Hall–Kier alpha value is -1.56. The highest BCUT2D eigenvalue weighted by Crippen LogP contribution is 2.21. The van der Waals surface area contributed by atoms with Crippen LogP contribution in [0, 0.1) is 0 Å². The summed E-state index contributed by atoms with van der Waals surface area (Å²) in [7, 11) is 0. The van der Waals surface area contributed by atoms with Crippen LogP contribution in [0.1, 0.15) is 24.9 Å². The summed E-state index contributed by atoms with van der Waals surface area (Å²) in [4.78, 5) is 16.1. The highest BCUT2D eigenvalue weighted by atomic mass is 35.5. The summed E-state index contributed by atoms with van der Waals surface area (Å²) >= 11 is 1.70. The molecule has 4 nitrogen and oxygen atoms in total. The molecule has 0 aliphatic heterocycles. The molecule has 0 aliphatic rings. The van der Waals surface area contributed by atoms with Crippen molar-refractivity contribution in [2.75, 3.05) is 12.0 Å². The van der Waals surface area contributed by atoms with Crippen molar-refractivity contribution in [3.05, 3.63) is 54.4 Å². The molecular weight excluding hydrogens is 342 g/mol. The fourth-order valence-corrected chi connectivity index (χ4v) is 2.78. The molecule has 0 radical (unpaired) electrons. The summed E-state index contributed by atoms with van der Waals surface area (Å²) in [6, 6.07) is 11.6. The largest absolute Gasteiger partial charge is 0.348 e. The van der Waals surface area contributed by atoms with Gasteiger partial charge in [-0.2, -0.15) is 11.8 Å². The first-order valence-electron chi connectivity index (χ1n) is 7.67. The Labute approximate surface area is 154 Å². The molecule has 1 unspecified atom stereocenters. The van der Waals surface area contributed by atoms with Crippen LogP contribution in [0.3, 0.4) is 0 Å². The summed E-state index contributed by atoms with van der Waals surface area (Å²) in [5, 5.41) is 2.98. The van der Waals surface area contributed by atoms with E-state index in [4.69, 9.17) is 5.73 Å². The van der Waals surface area contributed by atoms with Crippen molar-refractivity contribution in [1.29, 1.82) is 0 Å². The number of rotatable bonds is 7. The molecule has 1 aromatic carbocycles. The Morgan fingerprint density at radius 1 is 1.17 bits per heavy atom. The highest BCUT2D eigenvalue weighted by molar-refractivity contribution is 7.98. The Kier molecular flexibility index (Phi) is 8.82. The van der Waals surface area contributed by atoms with Gasteiger partial charge in [0.2, 0.25) is 5.91 Å². The minimum atomic E-state index is -0.444. The van der Waals surface area contributed by atoms with Gasteiger partial charge in [-0.25, -0.2) is 0 Å². The third-order valence-electron chi connectivity index (χ3n) is 3.75. The van der Waals surface area contributed by atoms with Gasteiger partial charge in [0.05, 0.1) is 12.1 Å². The maximum atomic E-state index is 12.1. The molecule has 0 saturated heterocycles. The average molecular weight is 366 g/mol. The summed E-state index contributed by atoms with van der Waals surface area (Å²) in [6.45, 7) is 1.97. The normalized spacial score (nSPS) is 12.8. The van der Waals surface area contributed by atoms with Crippen LogP contribution in [-0.4, -0.2) is 28.9 Å². The van der Waals surface area contributed by atoms with Crippen molar-refractivity contribution in [3.63, 3.8) is 0 Å². The van der Waals surface area contributed by atoms with E-state index in [1.165, 1.54) is 0 Å². The topological polar surface area (TPSA) is 68.0 Å². The molecule has 0 aliphatic carbocycles. The van der Waals surface area contributed by atoms with Crippen LogP contribution in [0.4, 0.5) is 0 Å². The van der Waals surface area contributed by atoms with Gasteiger partial charge in [0, 0.05) is 12.4 Å². The van der Waals surface area contributed by atoms with Gasteiger partial charge in [0.1, 0.15) is 0 Å². The Morgan fingerprint density at radius 3 is 2.33 bits per heavy atom. The second-order valence-corrected chi connectivity index (χ2v) is 6.46. The molecule has 130 valence electrons. The number of pyridine rings is 1. The van der Waals surface area contributed by atoms with Gasteiger partial charge in [-0.15, -0.1) is 12.4 Å². The first kappa shape index (κ1) is 20.5. The van der Waals surface area contributed by atoms with Crippen LogP contribution in [-0.2, 0) is 4.79 Å². The number of nitrogens with two attached hydrogens (primary N) is 1. The zero-order valence-corrected chi connectivity index (χ0v) is 15.6. The number of amides is 1. The number of nitrogens with zero attached hydrogens (tertiary/aromatic N) is 1. The van der Waals surface area contributed by atoms with Gasteiger partial charge in [-0.3, -0.25) is 9.78 Å². The predicted octanol–water partition coefficient (Wildman–Crippen LogP) is 3.43. The van der Waals surface area contributed by atoms with E-state index in [0.717, 1.165) is 22.4 Å². The third-order valence-corrected chi connectivity index (χ3v) is 4.40. The fraction of sp³-hybridized carbons (Fsp3) is 0.333. The molecule has 2 rings (SSSR count). The van der Waals surface area contributed by atoms with Crippen LogP contribution < -0.4 is 11.1 Å². The number of benzene rings is 1. The summed E-state index contributed by atoms with van der Waals surface area (Å²) < 4.78 is 0. The zero-order chi connectivity index (χ0) is 16.7. The first-order chi connectivity index (χ1) is 11.1. The smallest absolute Gasteiger partial charge is 0.237 e. The fourth-order valence-electron chi connectivity index (χ4n) is 2.29. The number of hydrogen-bond acceptors (Lipinski definition) is 4. The lowest BCUT2D eigenvalue weighted by Crippen LogP contribution is -2.41. The van der Waals surface area contributed by atoms with Gasteiger partial charge in [-0.1, -0.05) is 24.3 Å². The van der Waals surface area contributed by atoms with Crippen LogP contribution in [0.2, 0.25) is 0 Å². The summed E-state index contributed by atoms with van der Waals surface area (Å²) in [5.41, 5.74) is 9.22. The highest BCUT2D eigenvalue weighted by Gasteiger charge is 2.16. The Morgan fingerprint density at radius 2 is 1.75 bits per heavy atom. The van der Waals surface area contributed by atoms with E-state index in [9.17, 15) is 4.79 Å². The van der Waals surface area contributed by atoms with Gasteiger partial charge >= 0.3 is 0 Å². The SMILES string of the molecule is CSCC[C@H](N)C(=O)NC(C)c1ccc(-c2ccncc2)cc1.Cl. The summed E-state index contributed by atoms with van der Waals surface area (Å²) in [6.07, 6.45) is 6.27. The number of aromatic nitrogens is 1. The van der Waals surface area contributed by atoms with Crippen molar-refractivity contribution < 1.29 is 4.79 Å². The number of carbonyl (C=O) groups excluding carboxylic acids is 1. The number of carbonyl (C=O) groups is 1. The maximum absolute atomic E-state index is 12.1. The zero-order valence-electron chi connectivity index (χ0n) is 13.9. The van der Waals surface area contributed by atoms with E-state index in [-0.39, 0.29) is 24.4 Å². The van der Waals surface area contributed by atoms with Gasteiger partial charge in [0.25, 0.3) is 0 Å². The first-order valence-corrected chi connectivity index (χ1v) is 9.06. The number of halogens is 1. The van der Waals surface area contributed by atoms with Crippen molar-refractivity contribution in [3.8, 4) is 11.1 Å². The van der Waals surface area contributed by atoms with Crippen LogP contribution in [0.25, 0.3) is 11.1 Å². The molecule has 0 fully saturated rings. The van der Waals surface area contributed by atoms with E-state index in [0.29, 0.717) is 6.42 Å². The molecule has 2 aromatic rings. The third kappa shape index (κ3) is 5.82. The van der Waals surface area contributed by atoms with Crippen molar-refractivity contribution in [1.82, 2.24) is 10.3 Å². The van der Waals surface area contributed by atoms with E-state index >= 15 is 0 Å². The molecule has 0 saturated carbocycles. The van der Waals surface area contributed by atoms with Crippen molar-refractivity contribution >= 4 is 30.1 Å². The minimum Gasteiger partial charge on any atom is -0.348 e. The lowest BCUT2D eigenvalue weighted by molar-refractivity contribution is -0.123. The molecule has 6 heteroatoms. The molecule has 0 bridgehead atoms. The molecule has 1 aromatic heterocycles. The van der Waals surface area contributed by atoms with Gasteiger partial charge < -0.3 is 11.1 Å². The number of thioether (sulfide) groups is 1. The standard InChI is InChI=1S/C18H23N3OS.ClH/c1-13(21-18(22)17(19)9-12-23-2)14-3-5-15(6-4-14)16-7-10-20-11-8-16;/h3-8,10-11,13,17H,9,12,19H2,1-2H3,(H,21,22);1H/t13?,17-;/m0./s1. The Bertz CT molecular complexity index is 622. The maximum Gasteiger partial charge on any atom is 0.237 e. The molecular formula is C18H24ClN3OS. The molecule has 3 N–H and O–H groups in total. The minimum absolute atomic E-state index is 0. The van der Waals surface area contributed by atoms with E-state index in [1.807, 2.05) is 37.4 Å². The quantitative estimate of drug-likeness (QED) is 0.788. The van der Waals surface area contributed by atoms with E-state index in [1.54, 1.807) is 24.2 Å². The van der Waals surface area contributed by atoms with Crippen LogP contribution in [0.15, 0.2) is 48.8 Å². The summed E-state index contributed by atoms with van der Waals surface area (Å²) in [5.74, 6) is 0.800. The van der Waals surface area contributed by atoms with Gasteiger partial charge in [-0.05, 0) is 54.2 Å². The average Bonchev–Trinajstić information content (AvgIpc) is 2.60. The Balaban J connectivity index is 0.00000288. The van der Waals surface area contributed by atoms with Crippen molar-refractivity contribution in [2.45, 2.75) is 25.4 Å². The van der Waals surface area contributed by atoms with Gasteiger partial charge in [0.15, 0.2) is 0 Å². The van der Waals surface area contributed by atoms with E-state index < -0.39 is 6.04 Å². The van der Waals surface area contributed by atoms with Crippen LogP contribution >= 0.6 is 24.2 Å². The number of nitrogens with one attached hydrogen (secondary N) is 1. The predicted molar refractivity (Wildman–Crippen MR) is 104 cm³/mol. The second kappa shape index (κ2) is 10.3. The lowest BCUT2D eigenvalue weighted by Gasteiger charge is -2.18. The molecule has 2 atom stereocenters. The second-order valence-electron chi connectivity index (χ2n) is 5.48. The molecule has 1 heterocycles. The van der Waals surface area contributed by atoms with E-state index in [2.05, 4.69) is 22.4 Å². The monoisotopic (exact) mass is 365 g/mol.